The summed E-state index contributed by atoms with van der Waals surface area (Å²) in [5, 5.41) is 9.82. The van der Waals surface area contributed by atoms with Crippen LogP contribution in [0.15, 0.2) is 11.1 Å². The van der Waals surface area contributed by atoms with E-state index in [2.05, 4.69) is 20.2 Å². The van der Waals surface area contributed by atoms with Crippen molar-refractivity contribution in [1.29, 1.82) is 0 Å². The van der Waals surface area contributed by atoms with Crippen molar-refractivity contribution in [2.45, 2.75) is 56.4 Å². The molecule has 0 aromatic carbocycles. The van der Waals surface area contributed by atoms with Crippen LogP contribution in [0.4, 0.5) is 0 Å². The van der Waals surface area contributed by atoms with E-state index >= 15 is 0 Å². The van der Waals surface area contributed by atoms with Crippen LogP contribution in [0.3, 0.4) is 0 Å². The van der Waals surface area contributed by atoms with Gasteiger partial charge in [0.25, 0.3) is 0 Å². The number of aromatic amines is 1. The topological polar surface area (TPSA) is 86.9 Å². The van der Waals surface area contributed by atoms with Gasteiger partial charge in [-0.2, -0.15) is 5.10 Å². The van der Waals surface area contributed by atoms with Crippen molar-refractivity contribution in [3.05, 3.63) is 11.9 Å². The Morgan fingerprint density at radius 3 is 2.48 bits per heavy atom. The van der Waals surface area contributed by atoms with Crippen molar-refractivity contribution < 1.29 is 8.42 Å². The number of sulfonamides is 1. The normalized spacial score (nSPS) is 17.2. The fraction of sp³-hybridized carbons (Fsp3) is 0.769. The van der Waals surface area contributed by atoms with Gasteiger partial charge in [0.2, 0.25) is 10.0 Å². The van der Waals surface area contributed by atoms with Crippen molar-refractivity contribution >= 4 is 22.4 Å². The Labute approximate surface area is 132 Å². The lowest BCUT2D eigenvalue weighted by Gasteiger charge is -2.16. The van der Waals surface area contributed by atoms with Crippen LogP contribution in [0.5, 0.6) is 0 Å². The van der Waals surface area contributed by atoms with Crippen LogP contribution in [-0.2, 0) is 10.0 Å². The molecule has 122 valence electrons. The molecule has 2 rings (SSSR count). The molecule has 0 saturated heterocycles. The highest BCUT2D eigenvalue weighted by atomic mass is 35.5. The minimum atomic E-state index is -3.44. The van der Waals surface area contributed by atoms with Gasteiger partial charge in [0.1, 0.15) is 4.90 Å². The van der Waals surface area contributed by atoms with E-state index in [0.717, 1.165) is 0 Å². The number of nitrogens with one attached hydrogen (secondary N) is 3. The lowest BCUT2D eigenvalue weighted by Crippen LogP contribution is -2.36. The smallest absolute Gasteiger partial charge is 0.243 e. The van der Waals surface area contributed by atoms with Gasteiger partial charge in [-0.25, -0.2) is 13.1 Å². The van der Waals surface area contributed by atoms with Crippen LogP contribution in [0.25, 0.3) is 0 Å². The molecule has 0 radical (unpaired) electrons. The van der Waals surface area contributed by atoms with Crippen LogP contribution in [0.2, 0.25) is 0 Å². The number of aromatic nitrogens is 2. The summed E-state index contributed by atoms with van der Waals surface area (Å²) < 4.78 is 26.6. The Balaban J connectivity index is 0.00000220. The van der Waals surface area contributed by atoms with E-state index in [1.165, 1.54) is 44.7 Å². The molecule has 6 nitrogen and oxygen atoms in total. The third kappa shape index (κ3) is 5.58. The Morgan fingerprint density at radius 2 is 1.90 bits per heavy atom. The minimum absolute atomic E-state index is 0. The highest BCUT2D eigenvalue weighted by Gasteiger charge is 2.18. The second-order valence-electron chi connectivity index (χ2n) is 5.40. The van der Waals surface area contributed by atoms with E-state index in [-0.39, 0.29) is 17.3 Å². The van der Waals surface area contributed by atoms with Gasteiger partial charge in [-0.1, -0.05) is 25.7 Å². The fourth-order valence-electron chi connectivity index (χ4n) is 2.63. The zero-order chi connectivity index (χ0) is 14.4. The molecular weight excluding hydrogens is 312 g/mol. The second kappa shape index (κ2) is 8.73. The Bertz CT molecular complexity index is 510. The quantitative estimate of drug-likeness (QED) is 0.545. The molecule has 1 aromatic heterocycles. The van der Waals surface area contributed by atoms with E-state index < -0.39 is 10.0 Å². The molecule has 1 saturated carbocycles. The number of hydrogen-bond donors (Lipinski definition) is 3. The molecule has 1 fully saturated rings. The van der Waals surface area contributed by atoms with Crippen LogP contribution in [0, 0.1) is 6.92 Å². The van der Waals surface area contributed by atoms with Gasteiger partial charge in [-0.05, 0) is 19.8 Å². The number of aryl methyl sites for hydroxylation is 1. The fourth-order valence-corrected chi connectivity index (χ4v) is 3.80. The first-order valence-corrected chi connectivity index (χ1v) is 8.81. The standard InChI is InChI=1S/C13H24N4O2S.ClH/c1-11-13(10-15-17-11)20(18,19)16-9-8-14-12-6-4-2-3-5-7-12;/h10,12,14,16H,2-9H2,1H3,(H,15,17);1H. The third-order valence-electron chi connectivity index (χ3n) is 3.78. The molecule has 0 aliphatic heterocycles. The number of H-pyrrole nitrogens is 1. The molecule has 8 heteroatoms. The Hall–Kier alpha value is -0.630. The van der Waals surface area contributed by atoms with Crippen LogP contribution in [0.1, 0.15) is 44.2 Å². The van der Waals surface area contributed by atoms with Gasteiger partial charge in [0, 0.05) is 19.1 Å². The molecule has 0 bridgehead atoms. The molecule has 1 heterocycles. The molecule has 1 aliphatic carbocycles. The maximum absolute atomic E-state index is 12.0. The summed E-state index contributed by atoms with van der Waals surface area (Å²) in [5.74, 6) is 0. The Morgan fingerprint density at radius 1 is 1.24 bits per heavy atom. The third-order valence-corrected chi connectivity index (χ3v) is 5.35. The van der Waals surface area contributed by atoms with Gasteiger partial charge < -0.3 is 5.32 Å². The lowest BCUT2D eigenvalue weighted by atomic mass is 10.1. The number of hydrogen-bond acceptors (Lipinski definition) is 4. The predicted molar refractivity (Wildman–Crippen MR) is 85.3 cm³/mol. The van der Waals surface area contributed by atoms with Gasteiger partial charge in [-0.3, -0.25) is 5.10 Å². The molecule has 3 N–H and O–H groups in total. The lowest BCUT2D eigenvalue weighted by molar-refractivity contribution is 0.461. The van der Waals surface area contributed by atoms with E-state index in [4.69, 9.17) is 0 Å². The van der Waals surface area contributed by atoms with Crippen LogP contribution >= 0.6 is 12.4 Å². The molecule has 1 aromatic rings. The summed E-state index contributed by atoms with van der Waals surface area (Å²) in [6, 6.07) is 0.540. The predicted octanol–water partition coefficient (Wildman–Crippen LogP) is 1.73. The van der Waals surface area contributed by atoms with Gasteiger partial charge in [0.15, 0.2) is 0 Å². The number of rotatable bonds is 6. The average Bonchev–Trinajstić information content (AvgIpc) is 2.70. The zero-order valence-corrected chi connectivity index (χ0v) is 14.0. The van der Waals surface area contributed by atoms with Gasteiger partial charge in [-0.15, -0.1) is 12.4 Å². The maximum atomic E-state index is 12.0. The van der Waals surface area contributed by atoms with Gasteiger partial charge in [0.05, 0.1) is 11.9 Å². The van der Waals surface area contributed by atoms with Crippen molar-refractivity contribution in [1.82, 2.24) is 20.2 Å². The highest BCUT2D eigenvalue weighted by Crippen LogP contribution is 2.16. The molecule has 0 atom stereocenters. The molecule has 21 heavy (non-hydrogen) atoms. The largest absolute Gasteiger partial charge is 0.313 e. The number of nitrogens with zero attached hydrogens (tertiary/aromatic N) is 1. The van der Waals surface area contributed by atoms with E-state index in [1.807, 2.05) is 0 Å². The van der Waals surface area contributed by atoms with Crippen LogP contribution < -0.4 is 10.0 Å². The summed E-state index contributed by atoms with van der Waals surface area (Å²) in [6.07, 6.45) is 8.95. The van der Waals surface area contributed by atoms with Crippen molar-refractivity contribution in [3.63, 3.8) is 0 Å². The first kappa shape index (κ1) is 18.4. The molecular formula is C13H25ClN4O2S. The average molecular weight is 337 g/mol. The summed E-state index contributed by atoms with van der Waals surface area (Å²) in [7, 11) is -3.44. The van der Waals surface area contributed by atoms with Crippen molar-refractivity contribution in [2.75, 3.05) is 13.1 Å². The minimum Gasteiger partial charge on any atom is -0.313 e. The summed E-state index contributed by atoms with van der Waals surface area (Å²) in [6.45, 7) is 2.77. The summed E-state index contributed by atoms with van der Waals surface area (Å²) >= 11 is 0. The zero-order valence-electron chi connectivity index (χ0n) is 12.4. The SMILES string of the molecule is Cc1[nH]ncc1S(=O)(=O)NCCNC1CCCCCC1.Cl. The van der Waals surface area contributed by atoms with Crippen molar-refractivity contribution in [2.24, 2.45) is 0 Å². The molecule has 0 spiro atoms. The van der Waals surface area contributed by atoms with Crippen LogP contribution in [-0.4, -0.2) is 37.7 Å². The van der Waals surface area contributed by atoms with Crippen molar-refractivity contribution in [3.8, 4) is 0 Å². The van der Waals surface area contributed by atoms with E-state index in [1.54, 1.807) is 6.92 Å². The van der Waals surface area contributed by atoms with E-state index in [9.17, 15) is 8.42 Å². The monoisotopic (exact) mass is 336 g/mol. The van der Waals surface area contributed by atoms with Gasteiger partial charge >= 0.3 is 0 Å². The van der Waals surface area contributed by atoms with E-state index in [0.29, 0.717) is 24.8 Å². The number of halogens is 1. The second-order valence-corrected chi connectivity index (χ2v) is 7.14. The first-order chi connectivity index (χ1) is 9.59. The highest BCUT2D eigenvalue weighted by molar-refractivity contribution is 7.89. The molecule has 1 aliphatic rings. The molecule has 0 amide bonds. The summed E-state index contributed by atoms with van der Waals surface area (Å²) in [5.41, 5.74) is 0.564. The Kier molecular flexibility index (Phi) is 7.65. The maximum Gasteiger partial charge on any atom is 0.243 e. The first-order valence-electron chi connectivity index (χ1n) is 7.32. The molecule has 0 unspecified atom stereocenters. The summed E-state index contributed by atoms with van der Waals surface area (Å²) in [4.78, 5) is 0.229.